The number of halogens is 6. The van der Waals surface area contributed by atoms with Crippen LogP contribution in [0.15, 0.2) is 12.3 Å². The van der Waals surface area contributed by atoms with Gasteiger partial charge in [0.05, 0.1) is 5.54 Å². The highest BCUT2D eigenvalue weighted by atomic mass is 19.4. The Morgan fingerprint density at radius 2 is 1.83 bits per heavy atom. The summed E-state index contributed by atoms with van der Waals surface area (Å²) in [7, 11) is 1.77. The van der Waals surface area contributed by atoms with Crippen molar-refractivity contribution in [2.45, 2.75) is 43.6 Å². The predicted octanol–water partition coefficient (Wildman–Crippen LogP) is 2.72. The van der Waals surface area contributed by atoms with E-state index in [4.69, 9.17) is 9.90 Å². The first-order valence-corrected chi connectivity index (χ1v) is 8.48. The molecule has 0 radical (unpaired) electrons. The lowest BCUT2D eigenvalue weighted by molar-refractivity contribution is -0.192. The normalized spacial score (nSPS) is 22.5. The molecule has 0 saturated carbocycles. The molecular weight excluding hydrogens is 410 g/mol. The smallest absolute Gasteiger partial charge is 0.475 e. The van der Waals surface area contributed by atoms with E-state index in [9.17, 15) is 31.1 Å². The van der Waals surface area contributed by atoms with Crippen molar-refractivity contribution in [1.82, 2.24) is 14.9 Å². The van der Waals surface area contributed by atoms with E-state index in [1.165, 1.54) is 0 Å². The molecule has 0 aliphatic carbocycles. The Hall–Kier alpha value is -2.60. The first-order valence-electron chi connectivity index (χ1n) is 8.48. The summed E-state index contributed by atoms with van der Waals surface area (Å²) in [5, 5.41) is 7.12. The highest BCUT2D eigenvalue weighted by Gasteiger charge is 2.46. The van der Waals surface area contributed by atoms with Crippen LogP contribution in [0.1, 0.15) is 31.4 Å². The largest absolute Gasteiger partial charge is 0.490 e. The van der Waals surface area contributed by atoms with Crippen LogP contribution in [0.25, 0.3) is 0 Å². The molecule has 1 aromatic rings. The van der Waals surface area contributed by atoms with Crippen molar-refractivity contribution in [3.63, 3.8) is 0 Å². The number of aliphatic carboxylic acids is 1. The number of hydrogen-bond acceptors (Lipinski definition) is 5. The number of aromatic nitrogens is 2. The molecule has 2 saturated heterocycles. The van der Waals surface area contributed by atoms with E-state index in [0.29, 0.717) is 19.5 Å². The van der Waals surface area contributed by atoms with Gasteiger partial charge in [0.1, 0.15) is 5.69 Å². The van der Waals surface area contributed by atoms with Gasteiger partial charge in [-0.2, -0.15) is 26.3 Å². The highest BCUT2D eigenvalue weighted by Crippen LogP contribution is 2.38. The number of piperidine rings is 1. The average Bonchev–Trinajstić information content (AvgIpc) is 2.89. The lowest BCUT2D eigenvalue weighted by Crippen LogP contribution is -2.55. The number of anilines is 1. The van der Waals surface area contributed by atoms with E-state index in [1.807, 2.05) is 0 Å². The van der Waals surface area contributed by atoms with Crippen molar-refractivity contribution in [3.8, 4) is 0 Å². The average molecular weight is 428 g/mol. The minimum Gasteiger partial charge on any atom is -0.475 e. The summed E-state index contributed by atoms with van der Waals surface area (Å²) in [6.45, 7) is 1.08. The van der Waals surface area contributed by atoms with Gasteiger partial charge in [-0.1, -0.05) is 0 Å². The second kappa shape index (κ2) is 8.03. The van der Waals surface area contributed by atoms with Crippen molar-refractivity contribution in [1.29, 1.82) is 0 Å². The molecule has 2 aliphatic heterocycles. The lowest BCUT2D eigenvalue weighted by Gasteiger charge is -2.44. The van der Waals surface area contributed by atoms with Gasteiger partial charge in [-0.15, -0.1) is 0 Å². The third-order valence-corrected chi connectivity index (χ3v) is 4.90. The Morgan fingerprint density at radius 3 is 2.31 bits per heavy atom. The summed E-state index contributed by atoms with van der Waals surface area (Å²) < 4.78 is 70.1. The topological polar surface area (TPSA) is 86.6 Å². The fraction of sp³-hybridized carbons (Fsp3) is 0.625. The first-order chi connectivity index (χ1) is 13.3. The summed E-state index contributed by atoms with van der Waals surface area (Å²) >= 11 is 0. The first kappa shape index (κ1) is 22.7. The Labute approximate surface area is 161 Å². The Kier molecular flexibility index (Phi) is 6.28. The third kappa shape index (κ3) is 5.26. The van der Waals surface area contributed by atoms with E-state index in [-0.39, 0.29) is 17.4 Å². The SMILES string of the molecule is CN1C(=O)CCC12CCCN(c1nccc(C(F)(F)F)n1)C2.O=C(O)C(F)(F)F. The number of hydrogen-bond donors (Lipinski definition) is 1. The van der Waals surface area contributed by atoms with E-state index >= 15 is 0 Å². The van der Waals surface area contributed by atoms with Gasteiger partial charge < -0.3 is 14.9 Å². The van der Waals surface area contributed by atoms with Gasteiger partial charge in [0.25, 0.3) is 0 Å². The van der Waals surface area contributed by atoms with Crippen LogP contribution < -0.4 is 4.90 Å². The number of carbonyl (C=O) groups excluding carboxylic acids is 1. The molecule has 7 nitrogen and oxygen atoms in total. The van der Waals surface area contributed by atoms with E-state index < -0.39 is 24.0 Å². The number of likely N-dealkylation sites (N-methyl/N-ethyl adjacent to an activating group) is 1. The van der Waals surface area contributed by atoms with Gasteiger partial charge in [-0.3, -0.25) is 4.79 Å². The molecule has 2 fully saturated rings. The molecule has 1 aromatic heterocycles. The number of likely N-dealkylation sites (tertiary alicyclic amines) is 1. The summed E-state index contributed by atoms with van der Waals surface area (Å²) in [5.74, 6) is -2.58. The second-order valence-corrected chi connectivity index (χ2v) is 6.74. The van der Waals surface area contributed by atoms with Crippen molar-refractivity contribution in [3.05, 3.63) is 18.0 Å². The van der Waals surface area contributed by atoms with Crippen LogP contribution in [0.3, 0.4) is 0 Å². The molecule has 1 N–H and O–H groups in total. The molecule has 13 heteroatoms. The predicted molar refractivity (Wildman–Crippen MR) is 86.9 cm³/mol. The Morgan fingerprint density at radius 1 is 1.21 bits per heavy atom. The zero-order valence-corrected chi connectivity index (χ0v) is 15.2. The molecule has 29 heavy (non-hydrogen) atoms. The van der Waals surface area contributed by atoms with Crippen molar-refractivity contribution < 1.29 is 41.0 Å². The molecule has 0 aromatic carbocycles. The number of carboxylic acids is 1. The molecule has 2 aliphatic rings. The van der Waals surface area contributed by atoms with Gasteiger partial charge in [0.2, 0.25) is 11.9 Å². The standard InChI is InChI=1S/C14H17F3N4O.C2HF3O2/c1-20-11(22)3-6-13(20)5-2-8-21(9-13)12-18-7-4-10(19-12)14(15,16)17;3-2(4,5)1(6)7/h4,7H,2-3,5-6,8-9H2,1H3;(H,6,7). The molecule has 162 valence electrons. The maximum absolute atomic E-state index is 12.8. The lowest BCUT2D eigenvalue weighted by atomic mass is 9.87. The van der Waals surface area contributed by atoms with Crippen molar-refractivity contribution >= 4 is 17.8 Å². The summed E-state index contributed by atoms with van der Waals surface area (Å²) in [4.78, 5) is 31.8. The van der Waals surface area contributed by atoms with Crippen molar-refractivity contribution in [2.75, 3.05) is 25.0 Å². The minimum atomic E-state index is -5.08. The number of amides is 1. The molecule has 0 bridgehead atoms. The second-order valence-electron chi connectivity index (χ2n) is 6.74. The van der Waals surface area contributed by atoms with Crippen LogP contribution in [0.4, 0.5) is 32.3 Å². The molecule has 3 rings (SSSR count). The van der Waals surface area contributed by atoms with Gasteiger partial charge >= 0.3 is 18.3 Å². The molecule has 1 spiro atoms. The van der Waals surface area contributed by atoms with Gasteiger partial charge in [0.15, 0.2) is 0 Å². The van der Waals surface area contributed by atoms with Crippen LogP contribution in [-0.2, 0) is 15.8 Å². The fourth-order valence-electron chi connectivity index (χ4n) is 3.36. The molecule has 3 heterocycles. The third-order valence-electron chi connectivity index (χ3n) is 4.90. The van der Waals surface area contributed by atoms with E-state index in [1.54, 1.807) is 16.8 Å². The van der Waals surface area contributed by atoms with Crippen LogP contribution >= 0.6 is 0 Å². The molecule has 1 unspecified atom stereocenters. The number of nitrogens with zero attached hydrogens (tertiary/aromatic N) is 4. The quantitative estimate of drug-likeness (QED) is 0.693. The maximum atomic E-state index is 12.8. The Balaban J connectivity index is 0.000000370. The highest BCUT2D eigenvalue weighted by molar-refractivity contribution is 5.79. The summed E-state index contributed by atoms with van der Waals surface area (Å²) in [6.07, 6.45) is -5.53. The number of carbonyl (C=O) groups is 2. The van der Waals surface area contributed by atoms with Gasteiger partial charge in [-0.05, 0) is 25.3 Å². The minimum absolute atomic E-state index is 0.0849. The molecule has 1 atom stereocenters. The van der Waals surface area contributed by atoms with Crippen LogP contribution in [0.5, 0.6) is 0 Å². The van der Waals surface area contributed by atoms with Crippen LogP contribution in [0, 0.1) is 0 Å². The van der Waals surface area contributed by atoms with Crippen molar-refractivity contribution in [2.24, 2.45) is 0 Å². The van der Waals surface area contributed by atoms with E-state index in [2.05, 4.69) is 9.97 Å². The van der Waals surface area contributed by atoms with Gasteiger partial charge in [-0.25, -0.2) is 14.8 Å². The summed E-state index contributed by atoms with van der Waals surface area (Å²) in [6, 6.07) is 0.869. The van der Waals surface area contributed by atoms with Crippen LogP contribution in [-0.4, -0.2) is 63.7 Å². The zero-order chi connectivity index (χ0) is 22.0. The molecular formula is C16H18F6N4O3. The number of carboxylic acid groups (broad SMARTS) is 1. The zero-order valence-electron chi connectivity index (χ0n) is 15.2. The monoisotopic (exact) mass is 428 g/mol. The summed E-state index contributed by atoms with van der Waals surface area (Å²) in [5.41, 5.74) is -1.24. The van der Waals surface area contributed by atoms with E-state index in [0.717, 1.165) is 31.5 Å². The van der Waals surface area contributed by atoms with Gasteiger partial charge in [0, 0.05) is 32.8 Å². The maximum Gasteiger partial charge on any atom is 0.490 e. The Bertz CT molecular complexity index is 770. The fourth-order valence-corrected chi connectivity index (χ4v) is 3.36. The number of rotatable bonds is 1. The molecule has 1 amide bonds. The number of alkyl halides is 6. The van der Waals surface area contributed by atoms with Crippen LogP contribution in [0.2, 0.25) is 0 Å².